The number of nitrogens with zero attached hydrogens (tertiary/aromatic N) is 1. The molecule has 2 aromatic carbocycles. The summed E-state index contributed by atoms with van der Waals surface area (Å²) in [6, 6.07) is 13.7. The number of carbonyl (C=O) groups excluding carboxylic acids is 2. The van der Waals surface area contributed by atoms with Crippen LogP contribution in [0.15, 0.2) is 42.5 Å². The highest BCUT2D eigenvalue weighted by molar-refractivity contribution is 5.92. The fourth-order valence-electron chi connectivity index (χ4n) is 3.36. The summed E-state index contributed by atoms with van der Waals surface area (Å²) in [5.74, 6) is 0.640. The van der Waals surface area contributed by atoms with Crippen LogP contribution >= 0.6 is 0 Å². The Morgan fingerprint density at radius 3 is 2.54 bits per heavy atom. The van der Waals surface area contributed by atoms with Gasteiger partial charge in [-0.15, -0.1) is 0 Å². The molecule has 0 spiro atoms. The third-order valence-corrected chi connectivity index (χ3v) is 5.01. The smallest absolute Gasteiger partial charge is 0.262 e. The van der Waals surface area contributed by atoms with Crippen LogP contribution in [0.3, 0.4) is 0 Å². The lowest BCUT2D eigenvalue weighted by molar-refractivity contribution is -0.135. The first-order valence-corrected chi connectivity index (χ1v) is 9.88. The van der Waals surface area contributed by atoms with Gasteiger partial charge in [0.25, 0.3) is 5.91 Å². The first-order chi connectivity index (χ1) is 13.5. The highest BCUT2D eigenvalue weighted by Gasteiger charge is 2.22. The lowest BCUT2D eigenvalue weighted by Crippen LogP contribution is -2.38. The van der Waals surface area contributed by atoms with Crippen molar-refractivity contribution >= 4 is 17.5 Å². The molecule has 1 heterocycles. The lowest BCUT2D eigenvalue weighted by atomic mass is 9.98. The van der Waals surface area contributed by atoms with Crippen molar-refractivity contribution < 1.29 is 14.3 Å². The van der Waals surface area contributed by atoms with E-state index in [4.69, 9.17) is 4.74 Å². The summed E-state index contributed by atoms with van der Waals surface area (Å²) in [7, 11) is 0. The number of carbonyl (C=O) groups is 2. The van der Waals surface area contributed by atoms with Gasteiger partial charge in [-0.05, 0) is 53.8 Å². The lowest BCUT2D eigenvalue weighted by Gasteiger charge is -2.30. The highest BCUT2D eigenvalue weighted by atomic mass is 16.5. The molecular weight excluding hydrogens is 352 g/mol. The number of amides is 2. The standard InChI is InChI=1S/C23H28N2O3/c1-4-17-5-9-21(10-6-17)28-15-22(26)24-20-8-7-18-11-12-25(14-19(18)13-20)23(27)16(2)3/h5-10,13,16H,4,11-12,14-15H2,1-3H3,(H,24,26). The molecule has 28 heavy (non-hydrogen) atoms. The van der Waals surface area contributed by atoms with Crippen molar-refractivity contribution in [2.24, 2.45) is 5.92 Å². The molecule has 2 amide bonds. The number of fused-ring (bicyclic) bond motifs is 1. The van der Waals surface area contributed by atoms with Gasteiger partial charge in [0.2, 0.25) is 5.91 Å². The number of anilines is 1. The molecule has 2 aromatic rings. The number of hydrogen-bond donors (Lipinski definition) is 1. The number of rotatable bonds is 6. The molecule has 1 N–H and O–H groups in total. The Morgan fingerprint density at radius 1 is 1.11 bits per heavy atom. The Kier molecular flexibility index (Phi) is 6.34. The van der Waals surface area contributed by atoms with Gasteiger partial charge in [0.05, 0.1) is 0 Å². The average Bonchev–Trinajstić information content (AvgIpc) is 2.71. The zero-order valence-electron chi connectivity index (χ0n) is 16.8. The maximum Gasteiger partial charge on any atom is 0.262 e. The summed E-state index contributed by atoms with van der Waals surface area (Å²) in [6.07, 6.45) is 1.82. The third kappa shape index (κ3) is 4.91. The van der Waals surface area contributed by atoms with Crippen LogP contribution in [0.5, 0.6) is 5.75 Å². The van der Waals surface area contributed by atoms with Crippen molar-refractivity contribution in [2.75, 3.05) is 18.5 Å². The van der Waals surface area contributed by atoms with Crippen molar-refractivity contribution in [1.82, 2.24) is 4.90 Å². The zero-order chi connectivity index (χ0) is 20.1. The minimum absolute atomic E-state index is 0.00650. The van der Waals surface area contributed by atoms with Gasteiger partial charge in [0.1, 0.15) is 5.75 Å². The molecule has 0 radical (unpaired) electrons. The molecule has 0 fully saturated rings. The second-order valence-corrected chi connectivity index (χ2v) is 7.48. The van der Waals surface area contributed by atoms with E-state index in [0.29, 0.717) is 12.3 Å². The van der Waals surface area contributed by atoms with Gasteiger partial charge in [-0.1, -0.05) is 39.0 Å². The summed E-state index contributed by atoms with van der Waals surface area (Å²) in [4.78, 5) is 26.4. The summed E-state index contributed by atoms with van der Waals surface area (Å²) in [5, 5.41) is 2.88. The fourth-order valence-corrected chi connectivity index (χ4v) is 3.36. The molecular formula is C23H28N2O3. The molecule has 1 aliphatic heterocycles. The van der Waals surface area contributed by atoms with Gasteiger partial charge in [-0.25, -0.2) is 0 Å². The van der Waals surface area contributed by atoms with Crippen LogP contribution in [0.4, 0.5) is 5.69 Å². The summed E-state index contributed by atoms with van der Waals surface area (Å²) >= 11 is 0. The molecule has 5 heteroatoms. The zero-order valence-corrected chi connectivity index (χ0v) is 16.8. The Hall–Kier alpha value is -2.82. The minimum atomic E-state index is -0.203. The predicted molar refractivity (Wildman–Crippen MR) is 110 cm³/mol. The van der Waals surface area contributed by atoms with E-state index in [1.54, 1.807) is 0 Å². The molecule has 0 bridgehead atoms. The Labute approximate surface area is 166 Å². The van der Waals surface area contributed by atoms with Crippen molar-refractivity contribution in [3.8, 4) is 5.75 Å². The van der Waals surface area contributed by atoms with Crippen molar-refractivity contribution in [3.63, 3.8) is 0 Å². The molecule has 3 rings (SSSR count). The molecule has 0 aliphatic carbocycles. The van der Waals surface area contributed by atoms with E-state index in [0.717, 1.165) is 30.6 Å². The van der Waals surface area contributed by atoms with Gasteiger partial charge >= 0.3 is 0 Å². The minimum Gasteiger partial charge on any atom is -0.484 e. The van der Waals surface area contributed by atoms with Crippen LogP contribution in [0.2, 0.25) is 0 Å². The topological polar surface area (TPSA) is 58.6 Å². The normalized spacial score (nSPS) is 13.2. The van der Waals surface area contributed by atoms with E-state index >= 15 is 0 Å². The van der Waals surface area contributed by atoms with E-state index in [1.165, 1.54) is 11.1 Å². The molecule has 5 nitrogen and oxygen atoms in total. The van der Waals surface area contributed by atoms with Gasteiger partial charge in [0, 0.05) is 24.7 Å². The average molecular weight is 380 g/mol. The first-order valence-electron chi connectivity index (χ1n) is 9.88. The van der Waals surface area contributed by atoms with Gasteiger partial charge in [0.15, 0.2) is 6.61 Å². The largest absolute Gasteiger partial charge is 0.484 e. The Morgan fingerprint density at radius 2 is 1.86 bits per heavy atom. The van der Waals surface area contributed by atoms with Crippen molar-refractivity contribution in [1.29, 1.82) is 0 Å². The number of nitrogens with one attached hydrogen (secondary N) is 1. The van der Waals surface area contributed by atoms with Gasteiger partial charge < -0.3 is 15.0 Å². The number of aryl methyl sites for hydroxylation is 1. The van der Waals surface area contributed by atoms with E-state index in [2.05, 4.69) is 12.2 Å². The highest BCUT2D eigenvalue weighted by Crippen LogP contribution is 2.24. The molecule has 148 valence electrons. The molecule has 0 saturated heterocycles. The Bertz CT molecular complexity index is 843. The van der Waals surface area contributed by atoms with Crippen LogP contribution in [0.25, 0.3) is 0 Å². The number of ether oxygens (including phenoxy) is 1. The second-order valence-electron chi connectivity index (χ2n) is 7.48. The molecule has 0 aromatic heterocycles. The van der Waals surface area contributed by atoms with Crippen LogP contribution in [-0.2, 0) is 29.0 Å². The summed E-state index contributed by atoms with van der Waals surface area (Å²) < 4.78 is 5.56. The number of benzene rings is 2. The van der Waals surface area contributed by atoms with E-state index in [-0.39, 0.29) is 24.3 Å². The van der Waals surface area contributed by atoms with Gasteiger partial charge in [-0.2, -0.15) is 0 Å². The SMILES string of the molecule is CCc1ccc(OCC(=O)Nc2ccc3c(c2)CN(C(=O)C(C)C)CC3)cc1. The Balaban J connectivity index is 1.58. The molecule has 1 aliphatic rings. The van der Waals surface area contributed by atoms with Crippen LogP contribution in [-0.4, -0.2) is 29.9 Å². The summed E-state index contributed by atoms with van der Waals surface area (Å²) in [5.41, 5.74) is 4.29. The quantitative estimate of drug-likeness (QED) is 0.829. The van der Waals surface area contributed by atoms with Crippen molar-refractivity contribution in [3.05, 3.63) is 59.2 Å². The number of hydrogen-bond acceptors (Lipinski definition) is 3. The molecule has 0 saturated carbocycles. The van der Waals surface area contributed by atoms with Crippen LogP contribution < -0.4 is 10.1 Å². The van der Waals surface area contributed by atoms with Gasteiger partial charge in [-0.3, -0.25) is 9.59 Å². The maximum absolute atomic E-state index is 12.3. The van der Waals surface area contributed by atoms with E-state index in [1.807, 2.05) is 61.2 Å². The predicted octanol–water partition coefficient (Wildman–Crippen LogP) is 3.81. The third-order valence-electron chi connectivity index (χ3n) is 5.01. The van der Waals surface area contributed by atoms with E-state index < -0.39 is 0 Å². The molecule has 0 atom stereocenters. The monoisotopic (exact) mass is 380 g/mol. The molecule has 0 unspecified atom stereocenters. The summed E-state index contributed by atoms with van der Waals surface area (Å²) in [6.45, 7) is 7.24. The van der Waals surface area contributed by atoms with Crippen LogP contribution in [0.1, 0.15) is 37.5 Å². The van der Waals surface area contributed by atoms with Crippen molar-refractivity contribution in [2.45, 2.75) is 40.2 Å². The maximum atomic E-state index is 12.3. The second kappa shape index (κ2) is 8.91. The van der Waals surface area contributed by atoms with Crippen LogP contribution in [0, 0.1) is 5.92 Å². The van der Waals surface area contributed by atoms with E-state index in [9.17, 15) is 9.59 Å². The fraction of sp³-hybridized carbons (Fsp3) is 0.391. The first kappa shape index (κ1) is 19.9.